The minimum absolute atomic E-state index is 0.0261. The fourth-order valence-electron chi connectivity index (χ4n) is 6.20. The van der Waals surface area contributed by atoms with Gasteiger partial charge in [0.15, 0.2) is 0 Å². The van der Waals surface area contributed by atoms with Crippen molar-refractivity contribution in [3.05, 3.63) is 17.0 Å². The van der Waals surface area contributed by atoms with E-state index in [9.17, 15) is 4.79 Å². The third kappa shape index (κ3) is 3.24. The average Bonchev–Trinajstić information content (AvgIpc) is 2.77. The highest BCUT2D eigenvalue weighted by atomic mass is 32.2. The van der Waals surface area contributed by atoms with Gasteiger partial charge in [0.25, 0.3) is 0 Å². The number of rotatable bonds is 5. The van der Waals surface area contributed by atoms with Crippen LogP contribution in [-0.4, -0.2) is 26.2 Å². The van der Waals surface area contributed by atoms with E-state index in [1.165, 1.54) is 38.5 Å². The summed E-state index contributed by atoms with van der Waals surface area (Å²) in [6.45, 7) is 6.17. The van der Waals surface area contributed by atoms with E-state index in [1.807, 2.05) is 30.4 Å². The molecule has 4 nitrogen and oxygen atoms in total. The normalized spacial score (nSPS) is 34.3. The van der Waals surface area contributed by atoms with Crippen molar-refractivity contribution >= 4 is 17.7 Å². The Kier molecular flexibility index (Phi) is 4.41. The molecule has 1 amide bonds. The van der Waals surface area contributed by atoms with Gasteiger partial charge in [-0.15, -0.1) is 11.8 Å². The second-order valence-corrected chi connectivity index (χ2v) is 10.3. The summed E-state index contributed by atoms with van der Waals surface area (Å²) in [6.07, 6.45) is 8.45. The third-order valence-corrected chi connectivity index (χ3v) is 8.39. The van der Waals surface area contributed by atoms with Crippen LogP contribution in [0.1, 0.15) is 68.4 Å². The predicted molar refractivity (Wildman–Crippen MR) is 103 cm³/mol. The van der Waals surface area contributed by atoms with Crippen molar-refractivity contribution in [3.8, 4) is 0 Å². The molecule has 4 aliphatic rings. The maximum Gasteiger partial charge on any atom is 0.230 e. The Bertz CT molecular complexity index is 645. The predicted octanol–water partition coefficient (Wildman–Crippen LogP) is 3.92. The summed E-state index contributed by atoms with van der Waals surface area (Å²) in [5.74, 6) is 3.62. The van der Waals surface area contributed by atoms with Crippen LogP contribution in [0.15, 0.2) is 0 Å². The summed E-state index contributed by atoms with van der Waals surface area (Å²) in [7, 11) is 1.96. The lowest BCUT2D eigenvalue weighted by Gasteiger charge is -2.56. The van der Waals surface area contributed by atoms with Gasteiger partial charge in [0, 0.05) is 23.1 Å². The number of nitrogens with one attached hydrogen (secondary N) is 1. The molecule has 4 aliphatic carbocycles. The Balaban J connectivity index is 1.35. The van der Waals surface area contributed by atoms with Gasteiger partial charge in [-0.25, -0.2) is 0 Å². The lowest BCUT2D eigenvalue weighted by molar-refractivity contribution is -0.119. The standard InChI is InChI=1S/C20H31N3OS/c1-12(19-13(2)22-23(4)14(19)3)21-18(24)11-25-20-8-15-5-16(9-20)7-17(6-15)10-20/h12,15-17H,5-11H2,1-4H3,(H,21,24)/t12-,15?,16?,17?,20?/m0/s1. The fraction of sp³-hybridized carbons (Fsp3) is 0.800. The molecule has 1 aromatic heterocycles. The number of hydrogen-bond acceptors (Lipinski definition) is 3. The van der Waals surface area contributed by atoms with Crippen LogP contribution in [-0.2, 0) is 11.8 Å². The first-order valence-electron chi connectivity index (χ1n) is 9.78. The number of amides is 1. The number of aromatic nitrogens is 2. The maximum atomic E-state index is 12.6. The molecule has 0 aliphatic heterocycles. The Hall–Kier alpha value is -0.970. The van der Waals surface area contributed by atoms with Crippen molar-refractivity contribution < 1.29 is 4.79 Å². The van der Waals surface area contributed by atoms with Gasteiger partial charge < -0.3 is 5.32 Å². The van der Waals surface area contributed by atoms with Crippen LogP contribution in [0.25, 0.3) is 0 Å². The molecule has 4 saturated carbocycles. The molecule has 0 unspecified atom stereocenters. The molecular formula is C20H31N3OS. The van der Waals surface area contributed by atoms with Crippen LogP contribution in [0.5, 0.6) is 0 Å². The molecule has 138 valence electrons. The summed E-state index contributed by atoms with van der Waals surface area (Å²) < 4.78 is 2.31. The first-order valence-corrected chi connectivity index (χ1v) is 10.8. The molecule has 4 bridgehead atoms. The number of nitrogens with zero attached hydrogens (tertiary/aromatic N) is 2. The molecular weight excluding hydrogens is 330 g/mol. The van der Waals surface area contributed by atoms with Crippen LogP contribution in [0, 0.1) is 31.6 Å². The molecule has 1 aromatic rings. The number of carbonyl (C=O) groups is 1. The lowest BCUT2D eigenvalue weighted by atomic mass is 9.56. The van der Waals surface area contributed by atoms with Crippen molar-refractivity contribution in [2.45, 2.75) is 70.1 Å². The Morgan fingerprint density at radius 1 is 1.24 bits per heavy atom. The first-order chi connectivity index (χ1) is 11.8. The van der Waals surface area contributed by atoms with Crippen LogP contribution in [0.3, 0.4) is 0 Å². The smallest absolute Gasteiger partial charge is 0.230 e. The molecule has 0 aromatic carbocycles. The van der Waals surface area contributed by atoms with Crippen molar-refractivity contribution in [2.24, 2.45) is 24.8 Å². The lowest BCUT2D eigenvalue weighted by Crippen LogP contribution is -2.49. The summed E-state index contributed by atoms with van der Waals surface area (Å²) >= 11 is 1.96. The van der Waals surface area contributed by atoms with Gasteiger partial charge in [0.05, 0.1) is 17.5 Å². The van der Waals surface area contributed by atoms with E-state index >= 15 is 0 Å². The van der Waals surface area contributed by atoms with Gasteiger partial charge >= 0.3 is 0 Å². The molecule has 1 atom stereocenters. The molecule has 5 heteroatoms. The summed E-state index contributed by atoms with van der Waals surface area (Å²) in [6, 6.07) is 0.0261. The molecule has 0 spiro atoms. The second kappa shape index (κ2) is 6.33. The van der Waals surface area contributed by atoms with Crippen molar-refractivity contribution in [1.29, 1.82) is 0 Å². The Morgan fingerprint density at radius 2 is 1.80 bits per heavy atom. The van der Waals surface area contributed by atoms with Gasteiger partial charge in [0.1, 0.15) is 0 Å². The molecule has 1 N–H and O–H groups in total. The number of aryl methyl sites for hydroxylation is 2. The molecule has 0 radical (unpaired) electrons. The van der Waals surface area contributed by atoms with E-state index in [0.717, 1.165) is 34.7 Å². The first kappa shape index (κ1) is 17.4. The largest absolute Gasteiger partial charge is 0.349 e. The van der Waals surface area contributed by atoms with Gasteiger partial charge in [-0.05, 0) is 77.0 Å². The molecule has 5 rings (SSSR count). The maximum absolute atomic E-state index is 12.6. The molecule has 0 saturated heterocycles. The zero-order valence-corrected chi connectivity index (χ0v) is 16.8. The summed E-state index contributed by atoms with van der Waals surface area (Å²) in [5, 5.41) is 7.68. The second-order valence-electron chi connectivity index (χ2n) is 8.89. The molecule has 25 heavy (non-hydrogen) atoms. The highest BCUT2D eigenvalue weighted by Crippen LogP contribution is 2.60. The highest BCUT2D eigenvalue weighted by molar-refractivity contribution is 8.01. The van der Waals surface area contributed by atoms with Gasteiger partial charge in [-0.3, -0.25) is 9.48 Å². The Labute approximate surface area is 155 Å². The van der Waals surface area contributed by atoms with E-state index < -0.39 is 0 Å². The monoisotopic (exact) mass is 361 g/mol. The van der Waals surface area contributed by atoms with Crippen molar-refractivity contribution in [2.75, 3.05) is 5.75 Å². The number of carbonyl (C=O) groups excluding carboxylic acids is 1. The van der Waals surface area contributed by atoms with E-state index in [0.29, 0.717) is 10.5 Å². The van der Waals surface area contributed by atoms with Gasteiger partial charge in [-0.1, -0.05) is 0 Å². The average molecular weight is 362 g/mol. The minimum atomic E-state index is 0.0261. The Morgan fingerprint density at radius 3 is 2.28 bits per heavy atom. The fourth-order valence-corrected chi connectivity index (χ4v) is 7.78. The summed E-state index contributed by atoms with van der Waals surface area (Å²) in [4.78, 5) is 12.6. The van der Waals surface area contributed by atoms with Crippen LogP contribution < -0.4 is 5.32 Å². The van der Waals surface area contributed by atoms with Crippen LogP contribution >= 0.6 is 11.8 Å². The zero-order chi connectivity index (χ0) is 17.8. The third-order valence-electron chi connectivity index (χ3n) is 6.87. The quantitative estimate of drug-likeness (QED) is 0.865. The molecule has 4 fully saturated rings. The van der Waals surface area contributed by atoms with Crippen molar-refractivity contribution in [1.82, 2.24) is 15.1 Å². The van der Waals surface area contributed by atoms with Gasteiger partial charge in [-0.2, -0.15) is 5.10 Å². The van der Waals surface area contributed by atoms with Crippen LogP contribution in [0.4, 0.5) is 0 Å². The minimum Gasteiger partial charge on any atom is -0.349 e. The summed E-state index contributed by atoms with van der Waals surface area (Å²) in [5.41, 5.74) is 3.32. The van der Waals surface area contributed by atoms with E-state index in [-0.39, 0.29) is 11.9 Å². The topological polar surface area (TPSA) is 46.9 Å². The SMILES string of the molecule is Cc1nn(C)c(C)c1[C@H](C)NC(=O)CSC12CC3CC(CC(C3)C1)C2. The highest BCUT2D eigenvalue weighted by Gasteiger charge is 2.51. The number of hydrogen-bond donors (Lipinski definition) is 1. The van der Waals surface area contributed by atoms with Crippen molar-refractivity contribution in [3.63, 3.8) is 0 Å². The van der Waals surface area contributed by atoms with Crippen LogP contribution in [0.2, 0.25) is 0 Å². The van der Waals surface area contributed by atoms with Gasteiger partial charge in [0.2, 0.25) is 5.91 Å². The van der Waals surface area contributed by atoms with E-state index in [1.54, 1.807) is 0 Å². The van der Waals surface area contributed by atoms with E-state index in [2.05, 4.69) is 24.3 Å². The molecule has 1 heterocycles. The number of thioether (sulfide) groups is 1. The van der Waals surface area contributed by atoms with E-state index in [4.69, 9.17) is 0 Å². The zero-order valence-electron chi connectivity index (χ0n) is 16.0.